The van der Waals surface area contributed by atoms with Crippen molar-refractivity contribution in [1.29, 1.82) is 0 Å². The Balaban J connectivity index is 2.04. The zero-order chi connectivity index (χ0) is 23.0. The van der Waals surface area contributed by atoms with Crippen LogP contribution in [0.2, 0.25) is 5.02 Å². The SMILES string of the molecule is CCc1ccccc1NC(=O)CN(C)C(=O)C(CC(C)C)NC(=O)c1ccc(Cl)cc1. The number of likely N-dealkylation sites (N-methyl/N-ethyl adjacent to an activating group) is 1. The Morgan fingerprint density at radius 1 is 1.03 bits per heavy atom. The van der Waals surface area contributed by atoms with Gasteiger partial charge >= 0.3 is 0 Å². The van der Waals surface area contributed by atoms with Crippen molar-refractivity contribution in [2.45, 2.75) is 39.7 Å². The summed E-state index contributed by atoms with van der Waals surface area (Å²) in [5.41, 5.74) is 2.19. The molecular weight excluding hydrogens is 414 g/mol. The summed E-state index contributed by atoms with van der Waals surface area (Å²) in [6.07, 6.45) is 1.25. The Morgan fingerprint density at radius 3 is 2.29 bits per heavy atom. The summed E-state index contributed by atoms with van der Waals surface area (Å²) in [4.78, 5) is 39.5. The maximum Gasteiger partial charge on any atom is 0.251 e. The lowest BCUT2D eigenvalue weighted by Gasteiger charge is -2.25. The number of carbonyl (C=O) groups excluding carboxylic acids is 3. The fraction of sp³-hybridized carbons (Fsp3) is 0.375. The van der Waals surface area contributed by atoms with Gasteiger partial charge in [-0.2, -0.15) is 0 Å². The minimum Gasteiger partial charge on any atom is -0.340 e. The molecule has 0 aliphatic carbocycles. The molecule has 0 aliphatic rings. The summed E-state index contributed by atoms with van der Waals surface area (Å²) in [5, 5.41) is 6.20. The zero-order valence-electron chi connectivity index (χ0n) is 18.4. The maximum absolute atomic E-state index is 13.0. The van der Waals surface area contributed by atoms with Gasteiger partial charge in [0, 0.05) is 23.3 Å². The minimum atomic E-state index is -0.732. The first-order valence-corrected chi connectivity index (χ1v) is 10.8. The Bertz CT molecular complexity index is 913. The molecule has 166 valence electrons. The van der Waals surface area contributed by atoms with Crippen LogP contribution in [0.4, 0.5) is 5.69 Å². The van der Waals surface area contributed by atoms with E-state index in [1.165, 1.54) is 4.90 Å². The molecule has 0 heterocycles. The number of halogens is 1. The standard InChI is InChI=1S/C24H30ClN3O3/c1-5-17-8-6-7-9-20(17)26-22(29)15-28(4)24(31)21(14-16(2)3)27-23(30)18-10-12-19(25)13-11-18/h6-13,16,21H,5,14-15H2,1-4H3,(H,26,29)(H,27,30). The third kappa shape index (κ3) is 7.40. The first kappa shape index (κ1) is 24.4. The predicted octanol–water partition coefficient (Wildman–Crippen LogP) is 4.14. The van der Waals surface area contributed by atoms with E-state index < -0.39 is 6.04 Å². The molecule has 0 saturated heterocycles. The molecule has 2 N–H and O–H groups in total. The second-order valence-corrected chi connectivity index (χ2v) is 8.35. The van der Waals surface area contributed by atoms with E-state index in [4.69, 9.17) is 11.6 Å². The molecule has 7 heteroatoms. The summed E-state index contributed by atoms with van der Waals surface area (Å²) in [5.74, 6) is -0.775. The molecule has 2 aromatic carbocycles. The van der Waals surface area contributed by atoms with Gasteiger partial charge in [-0.15, -0.1) is 0 Å². The van der Waals surface area contributed by atoms with E-state index in [0.717, 1.165) is 17.7 Å². The lowest BCUT2D eigenvalue weighted by atomic mass is 10.0. The van der Waals surface area contributed by atoms with Gasteiger partial charge in [0.1, 0.15) is 6.04 Å². The summed E-state index contributed by atoms with van der Waals surface area (Å²) in [7, 11) is 1.56. The van der Waals surface area contributed by atoms with E-state index in [0.29, 0.717) is 17.0 Å². The number of benzene rings is 2. The lowest BCUT2D eigenvalue weighted by Crippen LogP contribution is -2.49. The van der Waals surface area contributed by atoms with Crippen molar-refractivity contribution < 1.29 is 14.4 Å². The molecule has 0 aromatic heterocycles. The summed E-state index contributed by atoms with van der Waals surface area (Å²) in [6.45, 7) is 5.86. The number of nitrogens with one attached hydrogen (secondary N) is 2. The van der Waals surface area contributed by atoms with Crippen LogP contribution in [0.3, 0.4) is 0 Å². The first-order chi connectivity index (χ1) is 14.7. The van der Waals surface area contributed by atoms with Crippen molar-refractivity contribution in [2.75, 3.05) is 18.9 Å². The van der Waals surface area contributed by atoms with Gasteiger partial charge < -0.3 is 15.5 Å². The molecule has 0 saturated carbocycles. The minimum absolute atomic E-state index is 0.109. The van der Waals surface area contributed by atoms with E-state index in [2.05, 4.69) is 10.6 Å². The fourth-order valence-electron chi connectivity index (χ4n) is 3.24. The molecule has 0 spiro atoms. The van der Waals surface area contributed by atoms with Gasteiger partial charge in [-0.1, -0.05) is 50.6 Å². The topological polar surface area (TPSA) is 78.5 Å². The largest absolute Gasteiger partial charge is 0.340 e. The number of anilines is 1. The van der Waals surface area contributed by atoms with E-state index >= 15 is 0 Å². The molecule has 31 heavy (non-hydrogen) atoms. The Morgan fingerprint density at radius 2 is 1.68 bits per heavy atom. The second kappa shape index (κ2) is 11.5. The highest BCUT2D eigenvalue weighted by molar-refractivity contribution is 6.30. The van der Waals surface area contributed by atoms with E-state index in [1.807, 2.05) is 45.0 Å². The summed E-state index contributed by atoms with van der Waals surface area (Å²) in [6, 6.07) is 13.3. The Hall–Kier alpha value is -2.86. The molecule has 1 atom stereocenters. The van der Waals surface area contributed by atoms with Crippen molar-refractivity contribution in [2.24, 2.45) is 5.92 Å². The van der Waals surface area contributed by atoms with Gasteiger partial charge in [-0.3, -0.25) is 14.4 Å². The Kier molecular flexibility index (Phi) is 9.06. The number of carbonyl (C=O) groups is 3. The van der Waals surface area contributed by atoms with E-state index in [9.17, 15) is 14.4 Å². The lowest BCUT2D eigenvalue weighted by molar-refractivity contribution is -0.135. The van der Waals surface area contributed by atoms with Crippen LogP contribution in [0.1, 0.15) is 43.1 Å². The molecule has 0 bridgehead atoms. The van der Waals surface area contributed by atoms with E-state index in [1.54, 1.807) is 31.3 Å². The molecule has 0 radical (unpaired) electrons. The quantitative estimate of drug-likeness (QED) is 0.611. The second-order valence-electron chi connectivity index (χ2n) is 7.92. The number of hydrogen-bond acceptors (Lipinski definition) is 3. The van der Waals surface area contributed by atoms with Crippen molar-refractivity contribution in [3.05, 3.63) is 64.7 Å². The van der Waals surface area contributed by atoms with Gasteiger partial charge in [-0.25, -0.2) is 0 Å². The van der Waals surface area contributed by atoms with Crippen LogP contribution in [0.25, 0.3) is 0 Å². The monoisotopic (exact) mass is 443 g/mol. The smallest absolute Gasteiger partial charge is 0.251 e. The number of nitrogens with zero attached hydrogens (tertiary/aromatic N) is 1. The number of rotatable bonds is 9. The number of amides is 3. The molecule has 6 nitrogen and oxygen atoms in total. The van der Waals surface area contributed by atoms with Crippen LogP contribution in [0.15, 0.2) is 48.5 Å². The third-order valence-corrected chi connectivity index (χ3v) is 5.10. The molecule has 1 unspecified atom stereocenters. The number of para-hydroxylation sites is 1. The van der Waals surface area contributed by atoms with Crippen LogP contribution in [-0.2, 0) is 16.0 Å². The van der Waals surface area contributed by atoms with Crippen molar-refractivity contribution in [1.82, 2.24) is 10.2 Å². The normalized spacial score (nSPS) is 11.7. The van der Waals surface area contributed by atoms with Gasteiger partial charge in [0.25, 0.3) is 5.91 Å². The molecular formula is C24H30ClN3O3. The van der Waals surface area contributed by atoms with E-state index in [-0.39, 0.29) is 30.2 Å². The maximum atomic E-state index is 13.0. The summed E-state index contributed by atoms with van der Waals surface area (Å²) < 4.78 is 0. The molecule has 0 aliphatic heterocycles. The number of hydrogen-bond donors (Lipinski definition) is 2. The van der Waals surface area contributed by atoms with Gasteiger partial charge in [0.15, 0.2) is 0 Å². The van der Waals surface area contributed by atoms with Gasteiger partial charge in [0.05, 0.1) is 6.54 Å². The van der Waals surface area contributed by atoms with Crippen LogP contribution in [0.5, 0.6) is 0 Å². The predicted molar refractivity (Wildman–Crippen MR) is 124 cm³/mol. The van der Waals surface area contributed by atoms with Crippen molar-refractivity contribution in [3.63, 3.8) is 0 Å². The zero-order valence-corrected chi connectivity index (χ0v) is 19.2. The highest BCUT2D eigenvalue weighted by Gasteiger charge is 2.26. The highest BCUT2D eigenvalue weighted by atomic mass is 35.5. The van der Waals surface area contributed by atoms with Crippen LogP contribution in [-0.4, -0.2) is 42.3 Å². The van der Waals surface area contributed by atoms with Crippen molar-refractivity contribution in [3.8, 4) is 0 Å². The molecule has 2 aromatic rings. The third-order valence-electron chi connectivity index (χ3n) is 4.85. The fourth-order valence-corrected chi connectivity index (χ4v) is 3.36. The Labute approximate surface area is 189 Å². The molecule has 0 fully saturated rings. The van der Waals surface area contributed by atoms with Gasteiger partial charge in [0.2, 0.25) is 11.8 Å². The molecule has 3 amide bonds. The summed E-state index contributed by atoms with van der Waals surface area (Å²) >= 11 is 5.88. The molecule has 2 rings (SSSR count). The van der Waals surface area contributed by atoms with Crippen molar-refractivity contribution >= 4 is 35.0 Å². The number of aryl methyl sites for hydroxylation is 1. The highest BCUT2D eigenvalue weighted by Crippen LogP contribution is 2.16. The van der Waals surface area contributed by atoms with Crippen LogP contribution < -0.4 is 10.6 Å². The van der Waals surface area contributed by atoms with Crippen LogP contribution in [0, 0.1) is 5.92 Å². The average Bonchev–Trinajstić information content (AvgIpc) is 2.73. The van der Waals surface area contributed by atoms with Crippen LogP contribution >= 0.6 is 11.6 Å². The first-order valence-electron chi connectivity index (χ1n) is 10.4. The average molecular weight is 444 g/mol. The van der Waals surface area contributed by atoms with Gasteiger partial charge in [-0.05, 0) is 54.7 Å².